The summed E-state index contributed by atoms with van der Waals surface area (Å²) in [6.45, 7) is -0.721. The number of hydrogen-bond donors (Lipinski definition) is 4. The number of carboxylic acids is 1. The molecule has 43 heavy (non-hydrogen) atoms. The number of benzene rings is 1. The van der Waals surface area contributed by atoms with Crippen LogP contribution < -0.4 is 10.5 Å². The molecule has 0 bridgehead atoms. The van der Waals surface area contributed by atoms with Crippen LogP contribution in [0.15, 0.2) is 41.5 Å². The molecule has 1 fully saturated rings. The Bertz CT molecular complexity index is 1700. The van der Waals surface area contributed by atoms with Gasteiger partial charge in [-0.05, 0) is 29.3 Å². The first-order valence-electron chi connectivity index (χ1n) is 12.1. The molecule has 0 aliphatic carbocycles. The number of nitrogen functional groups attached to an aromatic ring is 1. The monoisotopic (exact) mass is 640 g/mol. The van der Waals surface area contributed by atoms with Gasteiger partial charge in [-0.25, -0.2) is 14.8 Å². The van der Waals surface area contributed by atoms with Gasteiger partial charge < -0.3 is 35.3 Å². The minimum Gasteiger partial charge on any atom is -0.479 e. The number of nitrogens with zero attached hydrogens (tertiary/aromatic N) is 5. The van der Waals surface area contributed by atoms with Crippen molar-refractivity contribution in [1.82, 2.24) is 24.5 Å². The highest BCUT2D eigenvalue weighted by Crippen LogP contribution is 2.41. The molecule has 1 aromatic carbocycles. The standard InChI is InChI=1S/C25H20ClF3N6O7S/c1-2-23(39)15(41-20(17(23)36)35-10-31-16-18(30)33-22(26)34-19(16)35)8-40-24(21(37)38,14-9-43-11-32-14)7-12-4-3-5-13(6-12)42-25(27,28)29/h1,3-6,9-11,15,17,20,36,39H,7-8H2,(H,37,38)(H2,30,33,34)/t15-,17+,20-,23-,24?/m1/s1. The van der Waals surface area contributed by atoms with Gasteiger partial charge in [0.25, 0.3) is 0 Å². The van der Waals surface area contributed by atoms with Crippen molar-refractivity contribution in [3.63, 3.8) is 0 Å². The first kappa shape index (κ1) is 30.4. The molecule has 3 aromatic heterocycles. The van der Waals surface area contributed by atoms with Gasteiger partial charge in [-0.15, -0.1) is 30.9 Å². The summed E-state index contributed by atoms with van der Waals surface area (Å²) >= 11 is 6.97. The van der Waals surface area contributed by atoms with Crippen LogP contribution >= 0.6 is 22.9 Å². The largest absolute Gasteiger partial charge is 0.573 e. The fraction of sp³-hybridized carbons (Fsp3) is 0.320. The fourth-order valence-corrected chi connectivity index (χ4v) is 5.43. The summed E-state index contributed by atoms with van der Waals surface area (Å²) in [5, 5.41) is 33.9. The average molecular weight is 641 g/mol. The van der Waals surface area contributed by atoms with E-state index in [1.807, 2.05) is 0 Å². The van der Waals surface area contributed by atoms with Gasteiger partial charge in [-0.2, -0.15) is 9.97 Å². The molecule has 5 N–H and O–H groups in total. The molecule has 5 atom stereocenters. The molecule has 18 heteroatoms. The number of aliphatic hydroxyl groups excluding tert-OH is 1. The number of terminal acetylenes is 1. The van der Waals surface area contributed by atoms with Gasteiger partial charge in [0, 0.05) is 11.8 Å². The molecule has 0 saturated carbocycles. The highest BCUT2D eigenvalue weighted by atomic mass is 35.5. The highest BCUT2D eigenvalue weighted by molar-refractivity contribution is 7.07. The molecule has 1 unspecified atom stereocenters. The Balaban J connectivity index is 1.47. The smallest absolute Gasteiger partial charge is 0.479 e. The molecule has 1 aliphatic rings. The van der Waals surface area contributed by atoms with Crippen molar-refractivity contribution in [2.24, 2.45) is 0 Å². The van der Waals surface area contributed by atoms with Crippen molar-refractivity contribution >= 4 is 45.9 Å². The van der Waals surface area contributed by atoms with Crippen LogP contribution in [0.3, 0.4) is 0 Å². The lowest BCUT2D eigenvalue weighted by atomic mass is 9.90. The normalized spacial score (nSPS) is 23.6. The van der Waals surface area contributed by atoms with Crippen molar-refractivity contribution in [3.05, 3.63) is 58.0 Å². The van der Waals surface area contributed by atoms with Crippen LogP contribution in [-0.2, 0) is 26.3 Å². The molecular formula is C25H20ClF3N6O7S. The predicted molar refractivity (Wildman–Crippen MR) is 143 cm³/mol. The van der Waals surface area contributed by atoms with Gasteiger partial charge in [-0.3, -0.25) is 4.57 Å². The van der Waals surface area contributed by atoms with Crippen LogP contribution in [0.1, 0.15) is 17.5 Å². The Morgan fingerprint density at radius 3 is 2.74 bits per heavy atom. The summed E-state index contributed by atoms with van der Waals surface area (Å²) in [6.07, 6.45) is -3.47. The summed E-state index contributed by atoms with van der Waals surface area (Å²) in [5.74, 6) is -0.112. The third-order valence-electron chi connectivity index (χ3n) is 6.70. The summed E-state index contributed by atoms with van der Waals surface area (Å²) in [5.41, 5.74) is 2.64. The maximum absolute atomic E-state index is 12.8. The van der Waals surface area contributed by atoms with E-state index in [1.165, 1.54) is 33.9 Å². The molecule has 5 rings (SSSR count). The molecule has 0 spiro atoms. The second kappa shape index (κ2) is 11.2. The summed E-state index contributed by atoms with van der Waals surface area (Å²) in [4.78, 5) is 28.8. The van der Waals surface area contributed by atoms with E-state index >= 15 is 0 Å². The molecule has 1 aliphatic heterocycles. The number of carbonyl (C=O) groups is 1. The second-order valence-corrected chi connectivity index (χ2v) is 10.4. The Morgan fingerprint density at radius 2 is 2.09 bits per heavy atom. The minimum atomic E-state index is -4.98. The summed E-state index contributed by atoms with van der Waals surface area (Å²) in [7, 11) is 0. The number of aliphatic hydroxyl groups is 2. The number of alkyl halides is 3. The number of hydrogen-bond acceptors (Lipinski definition) is 12. The van der Waals surface area contributed by atoms with E-state index in [0.29, 0.717) is 0 Å². The van der Waals surface area contributed by atoms with Gasteiger partial charge >= 0.3 is 12.3 Å². The quantitative estimate of drug-likeness (QED) is 0.155. The van der Waals surface area contributed by atoms with Gasteiger partial charge in [0.2, 0.25) is 10.9 Å². The molecular weight excluding hydrogens is 621 g/mol. The van der Waals surface area contributed by atoms with E-state index in [1.54, 1.807) is 0 Å². The Kier molecular flexibility index (Phi) is 7.94. The van der Waals surface area contributed by atoms with Crippen LogP contribution in [-0.4, -0.2) is 76.6 Å². The third kappa shape index (κ3) is 5.68. The molecule has 0 radical (unpaired) electrons. The van der Waals surface area contributed by atoms with Crippen LogP contribution in [0.25, 0.3) is 11.2 Å². The van der Waals surface area contributed by atoms with Crippen LogP contribution in [0.4, 0.5) is 19.0 Å². The number of fused-ring (bicyclic) bond motifs is 1. The number of aliphatic carboxylic acids is 1. The van der Waals surface area contributed by atoms with Crippen LogP contribution in [0, 0.1) is 12.3 Å². The maximum atomic E-state index is 12.8. The van der Waals surface area contributed by atoms with Crippen molar-refractivity contribution in [2.75, 3.05) is 12.3 Å². The number of anilines is 1. The van der Waals surface area contributed by atoms with E-state index in [9.17, 15) is 33.3 Å². The lowest BCUT2D eigenvalue weighted by Crippen LogP contribution is -2.50. The van der Waals surface area contributed by atoms with Gasteiger partial charge in [0.05, 0.1) is 24.1 Å². The maximum Gasteiger partial charge on any atom is 0.573 e. The molecule has 0 amide bonds. The van der Waals surface area contributed by atoms with Crippen LogP contribution in [0.2, 0.25) is 5.28 Å². The molecule has 4 aromatic rings. The number of nitrogens with two attached hydrogens (primary N) is 1. The number of thiazole rings is 1. The number of aromatic nitrogens is 5. The Hall–Kier alpha value is -4.05. The average Bonchev–Trinajstić information content (AvgIpc) is 3.66. The topological polar surface area (TPSA) is 188 Å². The number of carboxylic acid groups (broad SMARTS) is 1. The van der Waals surface area contributed by atoms with E-state index in [0.717, 1.165) is 23.5 Å². The van der Waals surface area contributed by atoms with Gasteiger partial charge in [-0.1, -0.05) is 18.1 Å². The SMILES string of the molecule is C#C[C@@]1(O)[C@@H](COC(Cc2cccc(OC(F)(F)F)c2)(C(=O)O)c2cscn2)O[C@@H](n2cnc3c(N)nc(Cl)nc32)[C@@H]1O. The van der Waals surface area contributed by atoms with Crippen LogP contribution in [0.5, 0.6) is 5.75 Å². The number of imidazole rings is 1. The first-order valence-corrected chi connectivity index (χ1v) is 13.4. The third-order valence-corrected chi connectivity index (χ3v) is 7.46. The second-order valence-electron chi connectivity index (χ2n) is 9.32. The minimum absolute atomic E-state index is 0.0470. The zero-order chi connectivity index (χ0) is 31.2. The van der Waals surface area contributed by atoms with Gasteiger partial charge in [0.1, 0.15) is 23.5 Å². The molecule has 4 heterocycles. The van der Waals surface area contributed by atoms with Crippen molar-refractivity contribution in [2.45, 2.75) is 42.4 Å². The number of halogens is 4. The lowest BCUT2D eigenvalue weighted by Gasteiger charge is -2.32. The Labute approximate surface area is 248 Å². The van der Waals surface area contributed by atoms with E-state index in [4.69, 9.17) is 33.2 Å². The molecule has 1 saturated heterocycles. The Morgan fingerprint density at radius 1 is 1.33 bits per heavy atom. The van der Waals surface area contributed by atoms with Gasteiger partial charge in [0.15, 0.2) is 23.3 Å². The number of rotatable bonds is 9. The van der Waals surface area contributed by atoms with E-state index in [2.05, 4.69) is 30.6 Å². The van der Waals surface area contributed by atoms with Crippen molar-refractivity contribution in [3.8, 4) is 18.1 Å². The van der Waals surface area contributed by atoms with Crippen molar-refractivity contribution in [1.29, 1.82) is 0 Å². The highest BCUT2D eigenvalue weighted by Gasteiger charge is 2.57. The lowest BCUT2D eigenvalue weighted by molar-refractivity contribution is -0.274. The zero-order valence-corrected chi connectivity index (χ0v) is 23.0. The zero-order valence-electron chi connectivity index (χ0n) is 21.5. The predicted octanol–water partition coefficient (Wildman–Crippen LogP) is 2.28. The fourth-order valence-electron chi connectivity index (χ4n) is 4.65. The summed E-state index contributed by atoms with van der Waals surface area (Å²) in [6, 6.07) is 4.69. The van der Waals surface area contributed by atoms with E-state index < -0.39 is 60.7 Å². The van der Waals surface area contributed by atoms with Crippen molar-refractivity contribution < 1.29 is 47.5 Å². The number of ether oxygens (including phenoxy) is 3. The summed E-state index contributed by atoms with van der Waals surface area (Å²) < 4.78 is 55.4. The molecule has 13 nitrogen and oxygen atoms in total. The molecule has 226 valence electrons. The first-order chi connectivity index (χ1) is 20.3. The van der Waals surface area contributed by atoms with E-state index in [-0.39, 0.29) is 33.5 Å².